The van der Waals surface area contributed by atoms with Gasteiger partial charge in [0, 0.05) is 23.5 Å². The number of rotatable bonds is 7. The lowest BCUT2D eigenvalue weighted by molar-refractivity contribution is -0.146. The van der Waals surface area contributed by atoms with Crippen molar-refractivity contribution in [3.63, 3.8) is 0 Å². The Hall–Kier alpha value is -4.34. The molecule has 2 N–H and O–H groups in total. The molecule has 0 fully saturated rings. The second kappa shape index (κ2) is 11.2. The predicted molar refractivity (Wildman–Crippen MR) is 141 cm³/mol. The number of esters is 1. The number of alkyl halides is 3. The van der Waals surface area contributed by atoms with Crippen molar-refractivity contribution in [1.82, 2.24) is 4.90 Å². The van der Waals surface area contributed by atoms with Crippen LogP contribution in [0.1, 0.15) is 41.8 Å². The molecule has 1 unspecified atom stereocenters. The minimum absolute atomic E-state index is 0.0171. The number of hydrogen-bond donors (Lipinski definition) is 2. The highest BCUT2D eigenvalue weighted by Crippen LogP contribution is 2.32. The standard InChI is InChI=1S/C29H28F3N3O4/c1-17(2)13-25(27(37)39-3)35-16-20-14-19(9-12-24(20)26(35)36)18-7-10-22(11-8-18)33-28(38)34-23-6-4-5-21(15-23)29(30,31)32/h4-12,14-15,17,25H,13,16H2,1-3H3,(H2,33,34,38). The molecule has 0 bridgehead atoms. The number of ether oxygens (including phenoxy) is 1. The SMILES string of the molecule is COC(=O)C(CC(C)C)N1Cc2cc(-c3ccc(NC(=O)Nc4cccc(C(F)(F)F)c4)cc3)ccc2C1=O. The van der Waals surface area contributed by atoms with Crippen molar-refractivity contribution >= 4 is 29.3 Å². The fourth-order valence-electron chi connectivity index (χ4n) is 4.52. The van der Waals surface area contributed by atoms with Gasteiger partial charge in [0.15, 0.2) is 0 Å². The van der Waals surface area contributed by atoms with Gasteiger partial charge in [-0.2, -0.15) is 13.2 Å². The van der Waals surface area contributed by atoms with Gasteiger partial charge in [0.05, 0.1) is 12.7 Å². The van der Waals surface area contributed by atoms with Gasteiger partial charge in [-0.1, -0.05) is 38.1 Å². The van der Waals surface area contributed by atoms with Crippen LogP contribution in [0.25, 0.3) is 11.1 Å². The minimum atomic E-state index is -4.51. The van der Waals surface area contributed by atoms with E-state index in [1.165, 1.54) is 19.2 Å². The van der Waals surface area contributed by atoms with Crippen molar-refractivity contribution < 1.29 is 32.3 Å². The van der Waals surface area contributed by atoms with Gasteiger partial charge in [-0.25, -0.2) is 9.59 Å². The van der Waals surface area contributed by atoms with E-state index in [1.807, 2.05) is 26.0 Å². The van der Waals surface area contributed by atoms with Crippen LogP contribution >= 0.6 is 0 Å². The van der Waals surface area contributed by atoms with Crippen molar-refractivity contribution in [3.8, 4) is 11.1 Å². The molecule has 7 nitrogen and oxygen atoms in total. The molecule has 3 amide bonds. The number of benzene rings is 3. The van der Waals surface area contributed by atoms with Gasteiger partial charge in [-0.05, 0) is 71.5 Å². The number of nitrogens with one attached hydrogen (secondary N) is 2. The summed E-state index contributed by atoms with van der Waals surface area (Å²) in [6.45, 7) is 4.26. The van der Waals surface area contributed by atoms with Crippen LogP contribution in [0.5, 0.6) is 0 Å². The van der Waals surface area contributed by atoms with E-state index in [4.69, 9.17) is 4.74 Å². The Balaban J connectivity index is 1.44. The number of anilines is 2. The van der Waals surface area contributed by atoms with E-state index < -0.39 is 29.8 Å². The van der Waals surface area contributed by atoms with E-state index in [0.717, 1.165) is 28.8 Å². The molecule has 3 aromatic rings. The average Bonchev–Trinajstić information content (AvgIpc) is 3.22. The van der Waals surface area contributed by atoms with Crippen molar-refractivity contribution in [3.05, 3.63) is 83.4 Å². The van der Waals surface area contributed by atoms with Crippen LogP contribution in [0.15, 0.2) is 66.7 Å². The van der Waals surface area contributed by atoms with Crippen LogP contribution in [0.3, 0.4) is 0 Å². The Kier molecular flexibility index (Phi) is 7.94. The lowest BCUT2D eigenvalue weighted by atomic mass is 10.0. The average molecular weight is 540 g/mol. The topological polar surface area (TPSA) is 87.7 Å². The second-order valence-electron chi connectivity index (χ2n) is 9.71. The molecular formula is C29H28F3N3O4. The van der Waals surface area contributed by atoms with Crippen LogP contribution in [-0.2, 0) is 22.3 Å². The van der Waals surface area contributed by atoms with Gasteiger partial charge >= 0.3 is 18.2 Å². The van der Waals surface area contributed by atoms with Gasteiger partial charge < -0.3 is 20.3 Å². The van der Waals surface area contributed by atoms with E-state index >= 15 is 0 Å². The number of halogens is 3. The highest BCUT2D eigenvalue weighted by atomic mass is 19.4. The summed E-state index contributed by atoms with van der Waals surface area (Å²) >= 11 is 0. The first kappa shape index (κ1) is 27.7. The summed E-state index contributed by atoms with van der Waals surface area (Å²) in [6, 6.07) is 15.4. The van der Waals surface area contributed by atoms with Crippen LogP contribution in [0.2, 0.25) is 0 Å². The van der Waals surface area contributed by atoms with E-state index in [-0.39, 0.29) is 17.5 Å². The molecule has 3 aromatic carbocycles. The van der Waals surface area contributed by atoms with Crippen LogP contribution in [-0.4, -0.2) is 36.0 Å². The van der Waals surface area contributed by atoms with Gasteiger partial charge in [-0.3, -0.25) is 4.79 Å². The van der Waals surface area contributed by atoms with Gasteiger partial charge in [-0.15, -0.1) is 0 Å². The molecule has 0 spiro atoms. The Bertz CT molecular complexity index is 1390. The van der Waals surface area contributed by atoms with Crippen LogP contribution in [0.4, 0.5) is 29.3 Å². The largest absolute Gasteiger partial charge is 0.467 e. The molecule has 10 heteroatoms. The summed E-state index contributed by atoms with van der Waals surface area (Å²) in [4.78, 5) is 39.3. The molecule has 0 saturated heterocycles. The highest BCUT2D eigenvalue weighted by molar-refractivity contribution is 6.01. The summed E-state index contributed by atoms with van der Waals surface area (Å²) in [5.74, 6) is -0.454. The molecule has 39 heavy (non-hydrogen) atoms. The predicted octanol–water partition coefficient (Wildman–Crippen LogP) is 6.56. The van der Waals surface area contributed by atoms with Gasteiger partial charge in [0.1, 0.15) is 6.04 Å². The number of fused-ring (bicyclic) bond motifs is 1. The zero-order valence-corrected chi connectivity index (χ0v) is 21.6. The van der Waals surface area contributed by atoms with Crippen molar-refractivity contribution in [2.45, 2.75) is 39.0 Å². The zero-order valence-electron chi connectivity index (χ0n) is 21.6. The van der Waals surface area contributed by atoms with Crippen molar-refractivity contribution in [1.29, 1.82) is 0 Å². The van der Waals surface area contributed by atoms with Crippen LogP contribution in [0, 0.1) is 5.92 Å². The van der Waals surface area contributed by atoms with Crippen LogP contribution < -0.4 is 10.6 Å². The molecule has 4 rings (SSSR count). The number of nitrogens with zero attached hydrogens (tertiary/aromatic N) is 1. The van der Waals surface area contributed by atoms with Crippen molar-refractivity contribution in [2.75, 3.05) is 17.7 Å². The Morgan fingerprint density at radius 2 is 1.62 bits per heavy atom. The van der Waals surface area contributed by atoms with E-state index in [9.17, 15) is 27.6 Å². The number of methoxy groups -OCH3 is 1. The number of carbonyl (C=O) groups is 3. The highest BCUT2D eigenvalue weighted by Gasteiger charge is 2.37. The third-order valence-corrected chi connectivity index (χ3v) is 6.41. The normalized spacial score (nSPS) is 13.7. The van der Waals surface area contributed by atoms with Gasteiger partial charge in [0.2, 0.25) is 0 Å². The first-order valence-corrected chi connectivity index (χ1v) is 12.3. The monoisotopic (exact) mass is 539 g/mol. The molecule has 1 aliphatic heterocycles. The van der Waals surface area contributed by atoms with E-state index in [2.05, 4.69) is 10.6 Å². The Morgan fingerprint density at radius 3 is 2.26 bits per heavy atom. The summed E-state index contributed by atoms with van der Waals surface area (Å²) in [6.07, 6.45) is -4.01. The first-order chi connectivity index (χ1) is 18.5. The summed E-state index contributed by atoms with van der Waals surface area (Å²) in [5, 5.41) is 5.00. The molecule has 0 radical (unpaired) electrons. The minimum Gasteiger partial charge on any atom is -0.467 e. The summed E-state index contributed by atoms with van der Waals surface area (Å²) in [5.41, 5.74) is 2.63. The summed E-state index contributed by atoms with van der Waals surface area (Å²) in [7, 11) is 1.31. The van der Waals surface area contributed by atoms with E-state index in [1.54, 1.807) is 35.2 Å². The lowest BCUT2D eigenvalue weighted by Crippen LogP contribution is -2.42. The third-order valence-electron chi connectivity index (χ3n) is 6.41. The third kappa shape index (κ3) is 6.39. The number of hydrogen-bond acceptors (Lipinski definition) is 4. The molecular weight excluding hydrogens is 511 g/mol. The van der Waals surface area contributed by atoms with Crippen molar-refractivity contribution in [2.24, 2.45) is 5.92 Å². The number of carbonyl (C=O) groups excluding carboxylic acids is 3. The maximum atomic E-state index is 13.1. The lowest BCUT2D eigenvalue weighted by Gasteiger charge is -2.26. The zero-order chi connectivity index (χ0) is 28.3. The Labute approximate surface area is 224 Å². The molecule has 0 aliphatic carbocycles. The quantitative estimate of drug-likeness (QED) is 0.333. The van der Waals surface area contributed by atoms with E-state index in [0.29, 0.717) is 24.2 Å². The maximum Gasteiger partial charge on any atom is 0.416 e. The fourth-order valence-corrected chi connectivity index (χ4v) is 4.52. The molecule has 0 aromatic heterocycles. The fraction of sp³-hybridized carbons (Fsp3) is 0.276. The smallest absolute Gasteiger partial charge is 0.416 e. The molecule has 1 heterocycles. The van der Waals surface area contributed by atoms with Gasteiger partial charge in [0.25, 0.3) is 5.91 Å². The molecule has 1 aliphatic rings. The first-order valence-electron chi connectivity index (χ1n) is 12.3. The Morgan fingerprint density at radius 1 is 0.949 bits per heavy atom. The second-order valence-corrected chi connectivity index (χ2v) is 9.71. The number of amides is 3. The maximum absolute atomic E-state index is 13.1. The number of urea groups is 1. The molecule has 1 atom stereocenters. The molecule has 204 valence electrons. The summed E-state index contributed by atoms with van der Waals surface area (Å²) < 4.78 is 43.7. The molecule has 0 saturated carbocycles.